The van der Waals surface area contributed by atoms with Crippen molar-refractivity contribution in [3.8, 4) is 0 Å². The van der Waals surface area contributed by atoms with Crippen LogP contribution >= 0.6 is 7.14 Å². The maximum Gasteiger partial charge on any atom is 0.304 e. The van der Waals surface area contributed by atoms with E-state index in [9.17, 15) is 22.9 Å². The van der Waals surface area contributed by atoms with Crippen molar-refractivity contribution in [3.63, 3.8) is 0 Å². The van der Waals surface area contributed by atoms with Crippen molar-refractivity contribution in [2.45, 2.75) is 56.5 Å². The van der Waals surface area contributed by atoms with Crippen molar-refractivity contribution in [2.75, 3.05) is 32.6 Å². The highest BCUT2D eigenvalue weighted by molar-refractivity contribution is 7.88. The molecule has 3 fully saturated rings. The van der Waals surface area contributed by atoms with Crippen LogP contribution in [-0.2, 0) is 24.3 Å². The monoisotopic (exact) mass is 440 g/mol. The summed E-state index contributed by atoms with van der Waals surface area (Å²) in [6.45, 7) is 3.49. The van der Waals surface area contributed by atoms with Gasteiger partial charge in [0.15, 0.2) is 0 Å². The Balaban J connectivity index is 1.62. The number of amides is 1. The first-order valence-corrected chi connectivity index (χ1v) is 14.0. The minimum absolute atomic E-state index is 0.0263. The first-order chi connectivity index (χ1) is 13.0. The van der Waals surface area contributed by atoms with Crippen molar-refractivity contribution < 1.29 is 32.0 Å². The van der Waals surface area contributed by atoms with Gasteiger partial charge in [0.2, 0.25) is 5.91 Å². The summed E-state index contributed by atoms with van der Waals surface area (Å²) >= 11 is 0. The number of aliphatic hydroxyl groups is 1. The second-order valence-electron chi connectivity index (χ2n) is 8.69. The van der Waals surface area contributed by atoms with E-state index in [4.69, 9.17) is 4.74 Å². The standard InChI is InChI=1S/C17H30FN2O6PS/c1-27(2,23)7-3-6-26-12-5-4-11-8-14(21)17(16(18)13(11)9-12)20-10-15(22)19-28(20,24)25/h11-14,16-17,21H,3-10H2,1-2H3,(H,19,22). The van der Waals surface area contributed by atoms with E-state index in [-0.39, 0.29) is 12.0 Å². The van der Waals surface area contributed by atoms with Gasteiger partial charge in [-0.2, -0.15) is 12.7 Å². The molecule has 0 radical (unpaired) electrons. The number of carbonyl (C=O) groups excluding carboxylic acids is 1. The minimum Gasteiger partial charge on any atom is -0.391 e. The summed E-state index contributed by atoms with van der Waals surface area (Å²) < 4.78 is 59.8. The van der Waals surface area contributed by atoms with Crippen LogP contribution < -0.4 is 4.72 Å². The topological polar surface area (TPSA) is 113 Å². The van der Waals surface area contributed by atoms with Gasteiger partial charge in [-0.3, -0.25) is 4.79 Å². The molecule has 0 spiro atoms. The number of fused-ring (bicyclic) bond motifs is 1. The molecule has 8 nitrogen and oxygen atoms in total. The van der Waals surface area contributed by atoms with E-state index in [0.29, 0.717) is 38.5 Å². The quantitative estimate of drug-likeness (QED) is 0.470. The van der Waals surface area contributed by atoms with Gasteiger partial charge < -0.3 is 14.4 Å². The van der Waals surface area contributed by atoms with Crippen LogP contribution in [0, 0.1) is 11.8 Å². The molecule has 3 aliphatic rings. The normalized spacial score (nSPS) is 38.8. The van der Waals surface area contributed by atoms with Gasteiger partial charge >= 0.3 is 10.2 Å². The fraction of sp³-hybridized carbons (Fsp3) is 0.941. The number of halogens is 1. The molecular weight excluding hydrogens is 410 g/mol. The molecule has 3 rings (SSSR count). The molecule has 2 aliphatic carbocycles. The molecule has 28 heavy (non-hydrogen) atoms. The number of rotatable bonds is 6. The number of aliphatic hydroxyl groups excluding tert-OH is 1. The molecule has 0 aromatic heterocycles. The van der Waals surface area contributed by atoms with Gasteiger partial charge in [0.1, 0.15) is 6.17 Å². The van der Waals surface area contributed by atoms with Crippen LogP contribution in [0.2, 0.25) is 0 Å². The number of nitrogens with one attached hydrogen (secondary N) is 1. The largest absolute Gasteiger partial charge is 0.391 e. The Morgan fingerprint density at radius 3 is 2.64 bits per heavy atom. The van der Waals surface area contributed by atoms with Crippen LogP contribution in [0.25, 0.3) is 0 Å². The summed E-state index contributed by atoms with van der Waals surface area (Å²) in [5.74, 6) is -1.15. The molecule has 0 aromatic rings. The molecule has 6 atom stereocenters. The molecule has 2 saturated carbocycles. The summed E-state index contributed by atoms with van der Waals surface area (Å²) in [4.78, 5) is 11.5. The number of nitrogens with zero attached hydrogens (tertiary/aromatic N) is 1. The Hall–Kier alpha value is -0.540. The fourth-order valence-electron chi connectivity index (χ4n) is 4.75. The molecule has 2 N–H and O–H groups in total. The third-order valence-electron chi connectivity index (χ3n) is 6.05. The summed E-state index contributed by atoms with van der Waals surface area (Å²) in [5.41, 5.74) is 0. The van der Waals surface area contributed by atoms with Gasteiger partial charge in [-0.05, 0) is 57.3 Å². The van der Waals surface area contributed by atoms with Crippen LogP contribution in [0.5, 0.6) is 0 Å². The van der Waals surface area contributed by atoms with Gasteiger partial charge in [0, 0.05) is 12.8 Å². The summed E-state index contributed by atoms with van der Waals surface area (Å²) in [5, 5.41) is 10.4. The van der Waals surface area contributed by atoms with Crippen LogP contribution in [0.4, 0.5) is 4.39 Å². The molecule has 11 heteroatoms. The first-order valence-electron chi connectivity index (χ1n) is 9.78. The molecule has 1 aliphatic heterocycles. The number of carbonyl (C=O) groups is 1. The van der Waals surface area contributed by atoms with Gasteiger partial charge in [-0.1, -0.05) is 0 Å². The highest BCUT2D eigenvalue weighted by Crippen LogP contribution is 2.45. The van der Waals surface area contributed by atoms with E-state index in [2.05, 4.69) is 0 Å². The van der Waals surface area contributed by atoms with Crippen LogP contribution in [-0.4, -0.2) is 80.8 Å². The van der Waals surface area contributed by atoms with Crippen molar-refractivity contribution in [1.82, 2.24) is 9.03 Å². The Morgan fingerprint density at radius 2 is 2.04 bits per heavy atom. The molecule has 1 amide bonds. The highest BCUT2D eigenvalue weighted by atomic mass is 32.2. The number of hydrogen-bond donors (Lipinski definition) is 2. The van der Waals surface area contributed by atoms with Gasteiger partial charge in [-0.15, -0.1) is 0 Å². The van der Waals surface area contributed by atoms with Crippen molar-refractivity contribution >= 4 is 23.3 Å². The van der Waals surface area contributed by atoms with Crippen LogP contribution in [0.1, 0.15) is 32.1 Å². The van der Waals surface area contributed by atoms with Crippen LogP contribution in [0.15, 0.2) is 0 Å². The third-order valence-corrected chi connectivity index (χ3v) is 8.92. The number of hydrogen-bond acceptors (Lipinski definition) is 6. The zero-order valence-electron chi connectivity index (χ0n) is 16.3. The van der Waals surface area contributed by atoms with Crippen LogP contribution in [0.3, 0.4) is 0 Å². The second-order valence-corrected chi connectivity index (χ2v) is 13.9. The van der Waals surface area contributed by atoms with Crippen molar-refractivity contribution in [1.29, 1.82) is 0 Å². The van der Waals surface area contributed by atoms with E-state index in [0.717, 1.165) is 10.7 Å². The third kappa shape index (κ3) is 4.95. The van der Waals surface area contributed by atoms with Crippen molar-refractivity contribution in [2.24, 2.45) is 11.8 Å². The average molecular weight is 440 g/mol. The zero-order chi connectivity index (χ0) is 20.7. The van der Waals surface area contributed by atoms with E-state index in [1.807, 2.05) is 4.72 Å². The van der Waals surface area contributed by atoms with Crippen molar-refractivity contribution in [3.05, 3.63) is 0 Å². The molecule has 6 unspecified atom stereocenters. The van der Waals surface area contributed by atoms with E-state index < -0.39 is 54.0 Å². The van der Waals surface area contributed by atoms with Gasteiger partial charge in [-0.25, -0.2) is 9.11 Å². The zero-order valence-corrected chi connectivity index (χ0v) is 18.0. The molecular formula is C17H30FN2O6PS. The van der Waals surface area contributed by atoms with Gasteiger partial charge in [0.05, 0.1) is 31.9 Å². The SMILES string of the molecule is CP(C)(=O)CCCOC1CCC2CC(O)C(N3CC(=O)NS3(=O)=O)C(F)C2C1. The lowest BCUT2D eigenvalue weighted by atomic mass is 9.66. The number of alkyl halides is 1. The second kappa shape index (κ2) is 8.30. The maximum atomic E-state index is 15.4. The Labute approximate surface area is 165 Å². The van der Waals surface area contributed by atoms with E-state index >= 15 is 4.39 Å². The summed E-state index contributed by atoms with van der Waals surface area (Å²) in [6, 6.07) is -1.25. The Kier molecular flexibility index (Phi) is 6.57. The highest BCUT2D eigenvalue weighted by Gasteiger charge is 2.53. The lowest BCUT2D eigenvalue weighted by Crippen LogP contribution is -2.59. The average Bonchev–Trinajstić information content (AvgIpc) is 2.83. The fourth-order valence-corrected chi connectivity index (χ4v) is 6.97. The molecule has 0 aromatic carbocycles. The lowest BCUT2D eigenvalue weighted by molar-refractivity contribution is -0.120. The summed E-state index contributed by atoms with van der Waals surface area (Å²) in [6.07, 6.45) is 0.728. The smallest absolute Gasteiger partial charge is 0.304 e. The predicted molar refractivity (Wildman–Crippen MR) is 103 cm³/mol. The molecule has 0 bridgehead atoms. The molecule has 162 valence electrons. The maximum absolute atomic E-state index is 15.4. The predicted octanol–water partition coefficient (Wildman–Crippen LogP) is 0.949. The Bertz CT molecular complexity index is 744. The van der Waals surface area contributed by atoms with E-state index in [1.165, 1.54) is 0 Å². The molecule has 1 heterocycles. The first kappa shape index (κ1) is 22.2. The summed E-state index contributed by atoms with van der Waals surface area (Å²) in [7, 11) is -6.19. The lowest BCUT2D eigenvalue weighted by Gasteiger charge is -2.47. The Morgan fingerprint density at radius 1 is 1.32 bits per heavy atom. The van der Waals surface area contributed by atoms with E-state index in [1.54, 1.807) is 13.3 Å². The molecule has 1 saturated heterocycles. The van der Waals surface area contributed by atoms with Gasteiger partial charge in [0.25, 0.3) is 0 Å². The minimum atomic E-state index is -4.11. The number of ether oxygens (including phenoxy) is 1.